The molecule has 2 N–H and O–H groups in total. The molecule has 0 bridgehead atoms. The first-order valence-corrected chi connectivity index (χ1v) is 7.20. The van der Waals surface area contributed by atoms with E-state index in [0.29, 0.717) is 6.54 Å². The Bertz CT molecular complexity index is 795. The lowest BCUT2D eigenvalue weighted by Crippen LogP contribution is -2.43. The molecule has 3 heterocycles. The van der Waals surface area contributed by atoms with Crippen molar-refractivity contribution in [2.45, 2.75) is 25.9 Å². The Hall–Kier alpha value is -2.90. The van der Waals surface area contributed by atoms with Crippen LogP contribution in [-0.4, -0.2) is 44.4 Å². The highest BCUT2D eigenvalue weighted by atomic mass is 16.2. The molecule has 0 atom stereocenters. The standard InChI is InChI=1S/C15H17N5O3/c1-15(2)13(22)19(14(23)18-15)9-12(21)16-8-10-4-3-7-20-11(10)5-6-17-20/h3-7H,8-9H2,1-2H3,(H,16,21)(H,18,23). The zero-order chi connectivity index (χ0) is 16.6. The second-order valence-corrected chi connectivity index (χ2v) is 5.92. The van der Waals surface area contributed by atoms with Gasteiger partial charge in [0.1, 0.15) is 12.1 Å². The predicted octanol–water partition coefficient (Wildman–Crippen LogP) is 0.281. The fourth-order valence-electron chi connectivity index (χ4n) is 2.52. The molecule has 120 valence electrons. The Morgan fingerprint density at radius 1 is 1.35 bits per heavy atom. The Morgan fingerprint density at radius 2 is 2.13 bits per heavy atom. The molecule has 4 amide bonds. The van der Waals surface area contributed by atoms with Gasteiger partial charge in [-0.3, -0.25) is 14.5 Å². The maximum absolute atomic E-state index is 12.0. The van der Waals surface area contributed by atoms with Crippen LogP contribution in [0.25, 0.3) is 5.52 Å². The summed E-state index contributed by atoms with van der Waals surface area (Å²) in [5, 5.41) is 9.38. The molecule has 3 rings (SSSR count). The van der Waals surface area contributed by atoms with Gasteiger partial charge in [0.2, 0.25) is 5.91 Å². The molecule has 1 aliphatic rings. The van der Waals surface area contributed by atoms with Gasteiger partial charge in [0.25, 0.3) is 5.91 Å². The molecule has 23 heavy (non-hydrogen) atoms. The number of nitrogens with one attached hydrogen (secondary N) is 2. The fraction of sp³-hybridized carbons (Fsp3) is 0.333. The van der Waals surface area contributed by atoms with Crippen LogP contribution in [0, 0.1) is 0 Å². The summed E-state index contributed by atoms with van der Waals surface area (Å²) < 4.78 is 1.71. The number of carbonyl (C=O) groups excluding carboxylic acids is 3. The summed E-state index contributed by atoms with van der Waals surface area (Å²) in [6.45, 7) is 3.20. The normalized spacial score (nSPS) is 16.7. The molecule has 1 saturated heterocycles. The number of nitrogens with zero attached hydrogens (tertiary/aromatic N) is 3. The molecule has 1 fully saturated rings. The van der Waals surface area contributed by atoms with Gasteiger partial charge < -0.3 is 10.6 Å². The lowest BCUT2D eigenvalue weighted by Gasteiger charge is -2.15. The van der Waals surface area contributed by atoms with Crippen molar-refractivity contribution in [3.8, 4) is 0 Å². The summed E-state index contributed by atoms with van der Waals surface area (Å²) >= 11 is 0. The molecular formula is C15H17N5O3. The van der Waals surface area contributed by atoms with Crippen molar-refractivity contribution in [3.63, 3.8) is 0 Å². The Kier molecular flexibility index (Phi) is 3.51. The van der Waals surface area contributed by atoms with Crippen molar-refractivity contribution in [2.24, 2.45) is 0 Å². The molecule has 2 aromatic heterocycles. The predicted molar refractivity (Wildman–Crippen MR) is 81.4 cm³/mol. The van der Waals surface area contributed by atoms with E-state index in [0.717, 1.165) is 16.0 Å². The molecule has 0 radical (unpaired) electrons. The van der Waals surface area contributed by atoms with Crippen molar-refractivity contribution < 1.29 is 14.4 Å². The van der Waals surface area contributed by atoms with Gasteiger partial charge in [-0.1, -0.05) is 6.07 Å². The van der Waals surface area contributed by atoms with Gasteiger partial charge in [0, 0.05) is 18.9 Å². The molecule has 0 saturated carbocycles. The van der Waals surface area contributed by atoms with E-state index >= 15 is 0 Å². The van der Waals surface area contributed by atoms with Crippen molar-refractivity contribution >= 4 is 23.4 Å². The molecule has 8 nitrogen and oxygen atoms in total. The van der Waals surface area contributed by atoms with Crippen LogP contribution in [0.5, 0.6) is 0 Å². The summed E-state index contributed by atoms with van der Waals surface area (Å²) in [5.74, 6) is -0.803. The van der Waals surface area contributed by atoms with Crippen LogP contribution in [0.3, 0.4) is 0 Å². The quantitative estimate of drug-likeness (QED) is 0.792. The van der Waals surface area contributed by atoms with E-state index in [4.69, 9.17) is 0 Å². The van der Waals surface area contributed by atoms with Crippen LogP contribution in [-0.2, 0) is 16.1 Å². The maximum atomic E-state index is 12.0. The average molecular weight is 315 g/mol. The molecular weight excluding hydrogens is 298 g/mol. The van der Waals surface area contributed by atoms with Gasteiger partial charge in [-0.25, -0.2) is 9.31 Å². The average Bonchev–Trinajstić information content (AvgIpc) is 3.04. The van der Waals surface area contributed by atoms with E-state index in [1.54, 1.807) is 24.6 Å². The van der Waals surface area contributed by atoms with E-state index in [1.807, 2.05) is 24.4 Å². The highest BCUT2D eigenvalue weighted by Crippen LogP contribution is 2.16. The Morgan fingerprint density at radius 3 is 2.83 bits per heavy atom. The van der Waals surface area contributed by atoms with Gasteiger partial charge in [0.15, 0.2) is 0 Å². The number of hydrogen-bond acceptors (Lipinski definition) is 4. The topological polar surface area (TPSA) is 95.8 Å². The second kappa shape index (κ2) is 5.38. The lowest BCUT2D eigenvalue weighted by atomic mass is 10.1. The van der Waals surface area contributed by atoms with Crippen molar-refractivity contribution in [2.75, 3.05) is 6.54 Å². The van der Waals surface area contributed by atoms with Crippen LogP contribution in [0.4, 0.5) is 4.79 Å². The number of urea groups is 1. The van der Waals surface area contributed by atoms with E-state index in [9.17, 15) is 14.4 Å². The lowest BCUT2D eigenvalue weighted by molar-refractivity contribution is -0.134. The van der Waals surface area contributed by atoms with E-state index in [1.165, 1.54) is 0 Å². The van der Waals surface area contributed by atoms with Crippen molar-refractivity contribution in [3.05, 3.63) is 36.2 Å². The van der Waals surface area contributed by atoms with E-state index < -0.39 is 23.4 Å². The first-order valence-electron chi connectivity index (χ1n) is 7.20. The fourth-order valence-corrected chi connectivity index (χ4v) is 2.52. The molecule has 8 heteroatoms. The van der Waals surface area contributed by atoms with Gasteiger partial charge in [-0.2, -0.15) is 5.10 Å². The highest BCUT2D eigenvalue weighted by Gasteiger charge is 2.44. The third-order valence-electron chi connectivity index (χ3n) is 3.75. The van der Waals surface area contributed by atoms with Crippen molar-refractivity contribution in [1.29, 1.82) is 0 Å². The first-order chi connectivity index (χ1) is 10.9. The third kappa shape index (κ3) is 2.75. The van der Waals surface area contributed by atoms with Crippen LogP contribution in [0.2, 0.25) is 0 Å². The van der Waals surface area contributed by atoms with Gasteiger partial charge in [-0.05, 0) is 31.5 Å². The number of fused-ring (bicyclic) bond motifs is 1. The molecule has 0 aliphatic carbocycles. The largest absolute Gasteiger partial charge is 0.350 e. The van der Waals surface area contributed by atoms with Crippen LogP contribution in [0.1, 0.15) is 19.4 Å². The molecule has 0 unspecified atom stereocenters. The summed E-state index contributed by atoms with van der Waals surface area (Å²) in [4.78, 5) is 36.8. The molecule has 2 aromatic rings. The number of carbonyl (C=O) groups is 3. The number of aromatic nitrogens is 2. The summed E-state index contributed by atoms with van der Waals surface area (Å²) in [5.41, 5.74) is 0.820. The summed E-state index contributed by atoms with van der Waals surface area (Å²) in [6.07, 6.45) is 3.49. The van der Waals surface area contributed by atoms with Gasteiger partial charge in [0.05, 0.1) is 5.52 Å². The Balaban J connectivity index is 1.63. The first kappa shape index (κ1) is 15.0. The molecule has 0 spiro atoms. The van der Waals surface area contributed by atoms with Crippen LogP contribution >= 0.6 is 0 Å². The minimum absolute atomic E-state index is 0.294. The number of imide groups is 1. The van der Waals surface area contributed by atoms with E-state index in [-0.39, 0.29) is 6.54 Å². The highest BCUT2D eigenvalue weighted by molar-refractivity contribution is 6.08. The smallest absolute Gasteiger partial charge is 0.325 e. The summed E-state index contributed by atoms with van der Waals surface area (Å²) in [7, 11) is 0. The SMILES string of the molecule is CC1(C)NC(=O)N(CC(=O)NCc2cccn3nccc23)C1=O. The Labute approximate surface area is 132 Å². The zero-order valence-corrected chi connectivity index (χ0v) is 12.9. The van der Waals surface area contributed by atoms with Gasteiger partial charge >= 0.3 is 6.03 Å². The van der Waals surface area contributed by atoms with Crippen LogP contribution < -0.4 is 10.6 Å². The zero-order valence-electron chi connectivity index (χ0n) is 12.9. The number of rotatable bonds is 4. The minimum Gasteiger partial charge on any atom is -0.350 e. The maximum Gasteiger partial charge on any atom is 0.325 e. The molecule has 0 aromatic carbocycles. The second-order valence-electron chi connectivity index (χ2n) is 5.92. The number of hydrogen-bond donors (Lipinski definition) is 2. The minimum atomic E-state index is -0.972. The number of amides is 4. The summed E-state index contributed by atoms with van der Waals surface area (Å²) in [6, 6.07) is 5.02. The molecule has 1 aliphatic heterocycles. The van der Waals surface area contributed by atoms with E-state index in [2.05, 4.69) is 15.7 Å². The van der Waals surface area contributed by atoms with Gasteiger partial charge in [-0.15, -0.1) is 0 Å². The van der Waals surface area contributed by atoms with Crippen molar-refractivity contribution in [1.82, 2.24) is 25.1 Å². The monoisotopic (exact) mass is 315 g/mol. The van der Waals surface area contributed by atoms with Crippen LogP contribution in [0.15, 0.2) is 30.6 Å². The number of pyridine rings is 1. The third-order valence-corrected chi connectivity index (χ3v) is 3.75.